The van der Waals surface area contributed by atoms with Gasteiger partial charge in [-0.1, -0.05) is 23.7 Å². The summed E-state index contributed by atoms with van der Waals surface area (Å²) in [6, 6.07) is 8.42. The zero-order chi connectivity index (χ0) is 16.7. The highest BCUT2D eigenvalue weighted by Crippen LogP contribution is 2.39. The van der Waals surface area contributed by atoms with Crippen LogP contribution < -0.4 is 0 Å². The number of carbonyl (C=O) groups excluding carboxylic acids is 1. The van der Waals surface area contributed by atoms with Crippen LogP contribution in [0.5, 0.6) is 0 Å². The molecule has 0 spiro atoms. The van der Waals surface area contributed by atoms with Crippen molar-refractivity contribution in [1.29, 1.82) is 0 Å². The Bertz CT molecular complexity index is 762. The molecule has 1 saturated heterocycles. The summed E-state index contributed by atoms with van der Waals surface area (Å²) in [5.41, 5.74) is 3.35. The minimum atomic E-state index is 0.0794. The largest absolute Gasteiger partial charge is 0.469 e. The van der Waals surface area contributed by atoms with E-state index in [4.69, 9.17) is 16.0 Å². The fourth-order valence-corrected chi connectivity index (χ4v) is 4.26. The van der Waals surface area contributed by atoms with Gasteiger partial charge in [0.05, 0.1) is 11.8 Å². The van der Waals surface area contributed by atoms with Gasteiger partial charge in [0.1, 0.15) is 5.76 Å². The van der Waals surface area contributed by atoms with Crippen LogP contribution in [0.2, 0.25) is 5.02 Å². The SMILES string of the molecule is Cc1occc1C(=O)N1CCN([C@@H]2CCc3c(Cl)cccc32)CC1. The maximum atomic E-state index is 12.6. The number of nitrogens with zero attached hydrogens (tertiary/aromatic N) is 2. The average Bonchev–Trinajstić information content (AvgIpc) is 3.21. The van der Waals surface area contributed by atoms with Crippen LogP contribution in [-0.2, 0) is 6.42 Å². The lowest BCUT2D eigenvalue weighted by Crippen LogP contribution is -2.49. The third-order valence-electron chi connectivity index (χ3n) is 5.31. The molecule has 0 N–H and O–H groups in total. The number of carbonyl (C=O) groups is 1. The van der Waals surface area contributed by atoms with E-state index in [1.54, 1.807) is 12.3 Å². The van der Waals surface area contributed by atoms with Gasteiger partial charge >= 0.3 is 0 Å². The summed E-state index contributed by atoms with van der Waals surface area (Å²) in [7, 11) is 0. The van der Waals surface area contributed by atoms with Crippen molar-refractivity contribution in [2.75, 3.05) is 26.2 Å². The molecule has 1 aromatic carbocycles. The summed E-state index contributed by atoms with van der Waals surface area (Å²) in [5, 5.41) is 0.888. The molecule has 1 aromatic heterocycles. The molecule has 4 rings (SSSR count). The lowest BCUT2D eigenvalue weighted by atomic mass is 10.1. The van der Waals surface area contributed by atoms with E-state index in [1.807, 2.05) is 24.0 Å². The molecule has 24 heavy (non-hydrogen) atoms. The van der Waals surface area contributed by atoms with Crippen molar-refractivity contribution in [3.05, 3.63) is 58.0 Å². The number of hydrogen-bond donors (Lipinski definition) is 0. The van der Waals surface area contributed by atoms with Crippen molar-refractivity contribution in [2.45, 2.75) is 25.8 Å². The summed E-state index contributed by atoms with van der Waals surface area (Å²) < 4.78 is 5.26. The van der Waals surface area contributed by atoms with Gasteiger partial charge in [-0.3, -0.25) is 9.69 Å². The summed E-state index contributed by atoms with van der Waals surface area (Å²) in [4.78, 5) is 17.0. The number of furan rings is 1. The highest BCUT2D eigenvalue weighted by molar-refractivity contribution is 6.31. The predicted molar refractivity (Wildman–Crippen MR) is 93.4 cm³/mol. The zero-order valence-corrected chi connectivity index (χ0v) is 14.6. The van der Waals surface area contributed by atoms with Crippen molar-refractivity contribution in [3.8, 4) is 0 Å². The lowest BCUT2D eigenvalue weighted by Gasteiger charge is -2.38. The van der Waals surface area contributed by atoms with E-state index < -0.39 is 0 Å². The highest BCUT2D eigenvalue weighted by Gasteiger charge is 2.32. The van der Waals surface area contributed by atoms with Crippen LogP contribution in [-0.4, -0.2) is 41.9 Å². The second-order valence-electron chi connectivity index (χ2n) is 6.58. The normalized spacial score (nSPS) is 21.1. The van der Waals surface area contributed by atoms with Crippen molar-refractivity contribution in [2.24, 2.45) is 0 Å². The number of halogens is 1. The van der Waals surface area contributed by atoms with Gasteiger partial charge < -0.3 is 9.32 Å². The van der Waals surface area contributed by atoms with Crippen LogP contribution in [0.3, 0.4) is 0 Å². The Hall–Kier alpha value is -1.78. The first-order valence-electron chi connectivity index (χ1n) is 8.50. The molecule has 5 heteroatoms. The Labute approximate surface area is 147 Å². The number of amides is 1. The molecule has 1 aliphatic heterocycles. The van der Waals surface area contributed by atoms with E-state index in [1.165, 1.54) is 11.1 Å². The van der Waals surface area contributed by atoms with Crippen LogP contribution in [0.25, 0.3) is 0 Å². The minimum Gasteiger partial charge on any atom is -0.469 e. The van der Waals surface area contributed by atoms with Gasteiger partial charge in [-0.25, -0.2) is 0 Å². The molecular weight excluding hydrogens is 324 g/mol. The van der Waals surface area contributed by atoms with Crippen LogP contribution in [0.15, 0.2) is 34.9 Å². The second kappa shape index (κ2) is 6.26. The maximum absolute atomic E-state index is 12.6. The lowest BCUT2D eigenvalue weighted by molar-refractivity contribution is 0.0566. The Morgan fingerprint density at radius 3 is 2.71 bits per heavy atom. The number of aryl methyl sites for hydroxylation is 1. The van der Waals surface area contributed by atoms with E-state index in [-0.39, 0.29) is 5.91 Å². The molecule has 1 fully saturated rings. The Morgan fingerprint density at radius 2 is 2.00 bits per heavy atom. The van der Waals surface area contributed by atoms with Gasteiger partial charge in [-0.2, -0.15) is 0 Å². The Kier molecular flexibility index (Phi) is 4.10. The Morgan fingerprint density at radius 1 is 1.21 bits per heavy atom. The van der Waals surface area contributed by atoms with E-state index >= 15 is 0 Å². The van der Waals surface area contributed by atoms with Crippen molar-refractivity contribution in [3.63, 3.8) is 0 Å². The van der Waals surface area contributed by atoms with Gasteiger partial charge in [-0.15, -0.1) is 0 Å². The number of rotatable bonds is 2. The third kappa shape index (κ3) is 2.64. The molecular formula is C19H21ClN2O2. The van der Waals surface area contributed by atoms with Gasteiger partial charge in [0.2, 0.25) is 0 Å². The number of fused-ring (bicyclic) bond motifs is 1. The topological polar surface area (TPSA) is 36.7 Å². The van der Waals surface area contributed by atoms with Crippen LogP contribution in [0, 0.1) is 6.92 Å². The zero-order valence-electron chi connectivity index (χ0n) is 13.8. The van der Waals surface area contributed by atoms with Crippen molar-refractivity contribution >= 4 is 17.5 Å². The summed E-state index contributed by atoms with van der Waals surface area (Å²) in [6.45, 7) is 5.16. The highest BCUT2D eigenvalue weighted by atomic mass is 35.5. The quantitative estimate of drug-likeness (QED) is 0.833. The van der Waals surface area contributed by atoms with E-state index in [2.05, 4.69) is 11.0 Å². The van der Waals surface area contributed by atoms with E-state index in [0.717, 1.165) is 44.0 Å². The molecule has 2 heterocycles. The second-order valence-corrected chi connectivity index (χ2v) is 6.99. The smallest absolute Gasteiger partial charge is 0.257 e. The van der Waals surface area contributed by atoms with Gasteiger partial charge in [0.25, 0.3) is 5.91 Å². The fourth-order valence-electron chi connectivity index (χ4n) is 3.98. The van der Waals surface area contributed by atoms with Crippen LogP contribution >= 0.6 is 11.6 Å². The molecule has 0 bridgehead atoms. The Balaban J connectivity index is 1.44. The van der Waals surface area contributed by atoms with Gasteiger partial charge in [-0.05, 0) is 43.0 Å². The number of benzene rings is 1. The first-order chi connectivity index (χ1) is 11.6. The fraction of sp³-hybridized carbons (Fsp3) is 0.421. The van der Waals surface area contributed by atoms with E-state index in [0.29, 0.717) is 17.4 Å². The number of piperazine rings is 1. The molecule has 1 amide bonds. The average molecular weight is 345 g/mol. The summed E-state index contributed by atoms with van der Waals surface area (Å²) in [5.74, 6) is 0.776. The van der Waals surface area contributed by atoms with Gasteiger partial charge in [0, 0.05) is 37.2 Å². The van der Waals surface area contributed by atoms with Crippen LogP contribution in [0.4, 0.5) is 0 Å². The molecule has 1 atom stereocenters. The van der Waals surface area contributed by atoms with Crippen molar-refractivity contribution in [1.82, 2.24) is 9.80 Å². The minimum absolute atomic E-state index is 0.0794. The summed E-state index contributed by atoms with van der Waals surface area (Å²) >= 11 is 6.33. The molecule has 0 unspecified atom stereocenters. The summed E-state index contributed by atoms with van der Waals surface area (Å²) in [6.07, 6.45) is 3.75. The predicted octanol–water partition coefficient (Wildman–Crippen LogP) is 3.69. The van der Waals surface area contributed by atoms with Crippen LogP contribution in [0.1, 0.15) is 39.7 Å². The molecule has 2 aliphatic rings. The van der Waals surface area contributed by atoms with E-state index in [9.17, 15) is 4.79 Å². The molecule has 4 nitrogen and oxygen atoms in total. The molecule has 0 radical (unpaired) electrons. The van der Waals surface area contributed by atoms with Crippen molar-refractivity contribution < 1.29 is 9.21 Å². The molecule has 0 saturated carbocycles. The first-order valence-corrected chi connectivity index (χ1v) is 8.87. The standard InChI is InChI=1S/C19H21ClN2O2/c1-13-14(7-12-24-13)19(23)22-10-8-21(9-11-22)18-6-5-15-16(18)3-2-4-17(15)20/h2-4,7,12,18H,5-6,8-11H2,1H3/t18-/m1/s1. The third-order valence-corrected chi connectivity index (χ3v) is 5.67. The molecule has 1 aliphatic carbocycles. The monoisotopic (exact) mass is 344 g/mol. The van der Waals surface area contributed by atoms with Gasteiger partial charge in [0.15, 0.2) is 0 Å². The molecule has 126 valence electrons. The number of hydrogen-bond acceptors (Lipinski definition) is 3. The molecule has 2 aromatic rings. The maximum Gasteiger partial charge on any atom is 0.257 e. The first kappa shape index (κ1) is 15.7.